The lowest BCUT2D eigenvalue weighted by Crippen LogP contribution is -2.43. The van der Waals surface area contributed by atoms with Crippen LogP contribution in [-0.2, 0) is 6.54 Å². The van der Waals surface area contributed by atoms with Gasteiger partial charge in [0.05, 0.1) is 12.4 Å². The number of aryl methyl sites for hydroxylation is 2. The summed E-state index contributed by atoms with van der Waals surface area (Å²) in [4.78, 5) is 56.3. The van der Waals surface area contributed by atoms with Crippen molar-refractivity contribution in [2.24, 2.45) is 5.73 Å². The maximum absolute atomic E-state index is 12.9. The molecule has 3 aromatic rings. The zero-order chi connectivity index (χ0) is 27.7. The van der Waals surface area contributed by atoms with E-state index in [9.17, 15) is 23.6 Å². The van der Waals surface area contributed by atoms with Crippen molar-refractivity contribution < 1.29 is 4.39 Å². The standard InChI is InChI=1S/C14H16FN3O2.C7H11N3O2.C2H6N2.BrH/c1-9(2)18-13(19)16-10(3)17(14(18)20)8-11-4-6-12(15)7-5-11;1-4(2)10-6(11)8-5(3)9-7(10)12;1-2(3)4;/h4-7,9H,8H2,1-3H3;4H,1-3H3,(H,8,9,11,12);1H3,(H3,3,4);1H. The number of nitrogens with two attached hydrogens (primary N) is 1. The number of H-pyrrole nitrogens is 1. The quantitative estimate of drug-likeness (QED) is 0.309. The molecule has 0 saturated carbocycles. The van der Waals surface area contributed by atoms with Gasteiger partial charge in [-0.15, -0.1) is 17.0 Å². The summed E-state index contributed by atoms with van der Waals surface area (Å²) in [5.41, 5.74) is 3.63. The van der Waals surface area contributed by atoms with Gasteiger partial charge < -0.3 is 5.73 Å². The smallest absolute Gasteiger partial charge is 0.353 e. The second-order valence-corrected chi connectivity index (χ2v) is 8.46. The molecular formula is C23H34BrFN8O4. The van der Waals surface area contributed by atoms with Crippen LogP contribution >= 0.6 is 17.0 Å². The summed E-state index contributed by atoms with van der Waals surface area (Å²) in [6.45, 7) is 12.0. The zero-order valence-corrected chi connectivity index (χ0v) is 23.6. The molecule has 0 radical (unpaired) electrons. The van der Waals surface area contributed by atoms with Crippen LogP contribution in [-0.4, -0.2) is 34.5 Å². The number of hydrogen-bond donors (Lipinski definition) is 3. The Labute approximate surface area is 223 Å². The predicted octanol–water partition coefficient (Wildman–Crippen LogP) is 1.82. The average molecular weight is 585 g/mol. The summed E-state index contributed by atoms with van der Waals surface area (Å²) >= 11 is 0. The van der Waals surface area contributed by atoms with Gasteiger partial charge in [-0.1, -0.05) is 12.1 Å². The first-order valence-electron chi connectivity index (χ1n) is 11.1. The number of nitrogens with zero attached hydrogens (tertiary/aromatic N) is 5. The molecule has 0 aliphatic heterocycles. The number of aromatic amines is 1. The molecule has 0 atom stereocenters. The first kappa shape index (κ1) is 33.3. The van der Waals surface area contributed by atoms with Gasteiger partial charge in [0.1, 0.15) is 17.5 Å². The van der Waals surface area contributed by atoms with E-state index in [1.807, 2.05) is 0 Å². The van der Waals surface area contributed by atoms with E-state index in [4.69, 9.17) is 11.1 Å². The molecule has 37 heavy (non-hydrogen) atoms. The SMILES string of the molecule is Br.CC(=N)N.Cc1nc(=O)n(C(C)C)c(=O)[nH]1.Cc1nc(=O)n(C(C)C)c(=O)n1Cc1ccc(F)cc1. The first-order chi connectivity index (χ1) is 16.6. The van der Waals surface area contributed by atoms with Gasteiger partial charge in [0, 0.05) is 12.1 Å². The highest BCUT2D eigenvalue weighted by Gasteiger charge is 2.13. The fourth-order valence-corrected chi connectivity index (χ4v) is 2.98. The first-order valence-corrected chi connectivity index (χ1v) is 11.1. The molecule has 0 fully saturated rings. The number of aromatic nitrogens is 6. The molecule has 0 aliphatic rings. The summed E-state index contributed by atoms with van der Waals surface area (Å²) in [6.07, 6.45) is 0. The monoisotopic (exact) mass is 584 g/mol. The van der Waals surface area contributed by atoms with Crippen LogP contribution in [0, 0.1) is 25.1 Å². The number of benzene rings is 1. The Morgan fingerprint density at radius 1 is 0.973 bits per heavy atom. The summed E-state index contributed by atoms with van der Waals surface area (Å²) in [6, 6.07) is 5.46. The third kappa shape index (κ3) is 10.1. The Morgan fingerprint density at radius 3 is 1.86 bits per heavy atom. The highest BCUT2D eigenvalue weighted by atomic mass is 79.9. The minimum atomic E-state index is -0.544. The minimum Gasteiger partial charge on any atom is -0.388 e. The van der Waals surface area contributed by atoms with E-state index in [2.05, 4.69) is 15.0 Å². The van der Waals surface area contributed by atoms with Crippen LogP contribution in [0.1, 0.15) is 63.9 Å². The molecule has 0 amide bonds. The molecule has 1 aromatic carbocycles. The number of hydrogen-bond acceptors (Lipinski definition) is 7. The molecule has 12 nitrogen and oxygen atoms in total. The molecule has 0 aliphatic carbocycles. The third-order valence-electron chi connectivity index (χ3n) is 4.55. The summed E-state index contributed by atoms with van der Waals surface area (Å²) in [7, 11) is 0. The summed E-state index contributed by atoms with van der Waals surface area (Å²) < 4.78 is 16.5. The number of nitrogens with one attached hydrogen (secondary N) is 2. The normalized spacial score (nSPS) is 10.1. The van der Waals surface area contributed by atoms with Crippen LogP contribution < -0.4 is 28.5 Å². The fourth-order valence-electron chi connectivity index (χ4n) is 2.98. The van der Waals surface area contributed by atoms with Crippen molar-refractivity contribution in [3.05, 3.63) is 89.2 Å². The van der Waals surface area contributed by atoms with Crippen molar-refractivity contribution in [3.8, 4) is 0 Å². The molecule has 0 bridgehead atoms. The lowest BCUT2D eigenvalue weighted by atomic mass is 10.2. The Morgan fingerprint density at radius 2 is 1.43 bits per heavy atom. The van der Waals surface area contributed by atoms with Gasteiger partial charge in [-0.05, 0) is 66.2 Å². The fraction of sp³-hybridized carbons (Fsp3) is 0.435. The molecule has 0 spiro atoms. The van der Waals surface area contributed by atoms with E-state index in [1.165, 1.54) is 23.6 Å². The van der Waals surface area contributed by atoms with Crippen molar-refractivity contribution in [2.75, 3.05) is 0 Å². The van der Waals surface area contributed by atoms with Gasteiger partial charge in [0.25, 0.3) is 0 Å². The van der Waals surface area contributed by atoms with E-state index < -0.39 is 22.8 Å². The van der Waals surface area contributed by atoms with E-state index >= 15 is 0 Å². The van der Waals surface area contributed by atoms with Crippen molar-refractivity contribution in [3.63, 3.8) is 0 Å². The Hall–Kier alpha value is -3.68. The molecule has 3 rings (SSSR count). The maximum atomic E-state index is 12.9. The van der Waals surface area contributed by atoms with Crippen LogP contribution in [0.25, 0.3) is 0 Å². The number of halogens is 2. The van der Waals surface area contributed by atoms with Gasteiger partial charge in [-0.3, -0.25) is 15.0 Å². The van der Waals surface area contributed by atoms with E-state index in [0.29, 0.717) is 11.6 Å². The van der Waals surface area contributed by atoms with Crippen LogP contribution in [0.15, 0.2) is 43.4 Å². The Bertz CT molecular complexity index is 1390. The minimum absolute atomic E-state index is 0. The second kappa shape index (κ2) is 14.8. The zero-order valence-electron chi connectivity index (χ0n) is 21.9. The van der Waals surface area contributed by atoms with Crippen LogP contribution in [0.2, 0.25) is 0 Å². The number of amidine groups is 1. The van der Waals surface area contributed by atoms with Gasteiger partial charge in [-0.25, -0.2) is 32.7 Å². The molecular weight excluding hydrogens is 551 g/mol. The average Bonchev–Trinajstić information content (AvgIpc) is 2.71. The lowest BCUT2D eigenvalue weighted by Gasteiger charge is -2.14. The van der Waals surface area contributed by atoms with Gasteiger partial charge in [-0.2, -0.15) is 9.97 Å². The molecule has 0 unspecified atom stereocenters. The van der Waals surface area contributed by atoms with Crippen LogP contribution in [0.3, 0.4) is 0 Å². The molecule has 14 heteroatoms. The van der Waals surface area contributed by atoms with Gasteiger partial charge >= 0.3 is 22.8 Å². The van der Waals surface area contributed by atoms with E-state index in [1.54, 1.807) is 53.7 Å². The van der Waals surface area contributed by atoms with Crippen molar-refractivity contribution >= 4 is 22.8 Å². The molecule has 2 aromatic heterocycles. The lowest BCUT2D eigenvalue weighted by molar-refractivity contribution is 0.483. The van der Waals surface area contributed by atoms with Crippen molar-refractivity contribution in [1.29, 1.82) is 5.41 Å². The van der Waals surface area contributed by atoms with Crippen LogP contribution in [0.4, 0.5) is 4.39 Å². The van der Waals surface area contributed by atoms with Crippen LogP contribution in [0.5, 0.6) is 0 Å². The molecule has 4 N–H and O–H groups in total. The van der Waals surface area contributed by atoms with Gasteiger partial charge in [0.15, 0.2) is 0 Å². The second-order valence-electron chi connectivity index (χ2n) is 8.46. The Kier molecular flexibility index (Phi) is 13.3. The Balaban J connectivity index is 0.000000650. The van der Waals surface area contributed by atoms with E-state index in [0.717, 1.165) is 14.7 Å². The van der Waals surface area contributed by atoms with E-state index in [-0.39, 0.29) is 47.3 Å². The number of rotatable bonds is 4. The third-order valence-corrected chi connectivity index (χ3v) is 4.55. The molecule has 2 heterocycles. The predicted molar refractivity (Wildman–Crippen MR) is 146 cm³/mol. The van der Waals surface area contributed by atoms with Crippen molar-refractivity contribution in [2.45, 2.75) is 67.1 Å². The largest absolute Gasteiger partial charge is 0.388 e. The molecule has 204 valence electrons. The van der Waals surface area contributed by atoms with Gasteiger partial charge in [0.2, 0.25) is 0 Å². The van der Waals surface area contributed by atoms with Crippen molar-refractivity contribution in [1.82, 2.24) is 28.7 Å². The highest BCUT2D eigenvalue weighted by Crippen LogP contribution is 2.05. The topological polar surface area (TPSA) is 175 Å². The summed E-state index contributed by atoms with van der Waals surface area (Å²) in [5.74, 6) is 0.534. The summed E-state index contributed by atoms with van der Waals surface area (Å²) in [5, 5.41) is 6.28. The molecule has 0 saturated heterocycles. The highest BCUT2D eigenvalue weighted by molar-refractivity contribution is 8.93. The maximum Gasteiger partial charge on any atom is 0.353 e.